The second-order valence-electron chi connectivity index (χ2n) is 14.1. The third-order valence-electron chi connectivity index (χ3n) is 9.55. The van der Waals surface area contributed by atoms with Gasteiger partial charge in [0.1, 0.15) is 17.5 Å². The van der Waals surface area contributed by atoms with Gasteiger partial charge in [-0.05, 0) is 90.0 Å². The van der Waals surface area contributed by atoms with Crippen LogP contribution in [0, 0.1) is 11.3 Å². The Bertz CT molecular complexity index is 1580. The van der Waals surface area contributed by atoms with Crippen molar-refractivity contribution >= 4 is 15.9 Å². The average Bonchev–Trinajstić information content (AvgIpc) is 2.97. The minimum absolute atomic E-state index is 0.00516. The van der Waals surface area contributed by atoms with E-state index >= 15 is 0 Å². The first-order valence-corrected chi connectivity index (χ1v) is 17.8. The van der Waals surface area contributed by atoms with Gasteiger partial charge < -0.3 is 14.4 Å². The fourth-order valence-electron chi connectivity index (χ4n) is 7.52. The molecule has 3 heterocycles. The van der Waals surface area contributed by atoms with Gasteiger partial charge in [-0.15, -0.1) is 0 Å². The monoisotopic (exact) mass is 616 g/mol. The predicted molar refractivity (Wildman–Crippen MR) is 172 cm³/mol. The molecular weight excluding hydrogens is 572 g/mol. The third-order valence-corrected chi connectivity index (χ3v) is 11.1. The van der Waals surface area contributed by atoms with Crippen molar-refractivity contribution in [2.45, 2.75) is 88.9 Å². The molecule has 1 amide bonds. The fraction of sp³-hybridized carbons (Fsp3) is 0.500. The zero-order valence-electron chi connectivity index (χ0n) is 26.1. The summed E-state index contributed by atoms with van der Waals surface area (Å²) in [7, 11) is -3.32. The van der Waals surface area contributed by atoms with Crippen LogP contribution in [0.25, 0.3) is 11.1 Å². The van der Waals surface area contributed by atoms with Gasteiger partial charge in [-0.2, -0.15) is 0 Å². The van der Waals surface area contributed by atoms with E-state index in [1.807, 2.05) is 29.2 Å². The molecule has 3 aliphatic rings. The van der Waals surface area contributed by atoms with Crippen LogP contribution in [0.5, 0.6) is 5.75 Å². The molecule has 2 aliphatic heterocycles. The Morgan fingerprint density at radius 2 is 1.73 bits per heavy atom. The van der Waals surface area contributed by atoms with Crippen LogP contribution in [0.2, 0.25) is 0 Å². The molecule has 1 aromatic heterocycles. The van der Waals surface area contributed by atoms with Crippen LogP contribution < -0.4 is 4.74 Å². The van der Waals surface area contributed by atoms with Gasteiger partial charge in [-0.3, -0.25) is 4.98 Å². The summed E-state index contributed by atoms with van der Waals surface area (Å²) in [5.41, 5.74) is 4.61. The van der Waals surface area contributed by atoms with Gasteiger partial charge in [0.25, 0.3) is 0 Å². The molecule has 3 aromatic rings. The molecular formula is C36H44N2O5S. The van der Waals surface area contributed by atoms with Crippen molar-refractivity contribution in [1.29, 1.82) is 0 Å². The molecule has 1 saturated heterocycles. The number of aryl methyl sites for hydroxylation is 1. The number of sulfone groups is 1. The summed E-state index contributed by atoms with van der Waals surface area (Å²) in [6, 6.07) is 19.4. The Balaban J connectivity index is 1.04. The van der Waals surface area contributed by atoms with Crippen LogP contribution in [0.15, 0.2) is 66.9 Å². The first-order valence-electron chi connectivity index (χ1n) is 15.9. The largest absolute Gasteiger partial charge is 0.487 e. The molecule has 8 heteroatoms. The smallest absolute Gasteiger partial charge is 0.410 e. The number of carbonyl (C=O) groups is 1. The molecule has 2 aromatic carbocycles. The zero-order valence-corrected chi connectivity index (χ0v) is 26.9. The Kier molecular flexibility index (Phi) is 8.48. The molecule has 234 valence electrons. The summed E-state index contributed by atoms with van der Waals surface area (Å²) in [5, 5.41) is 0. The van der Waals surface area contributed by atoms with Gasteiger partial charge in [0, 0.05) is 32.1 Å². The highest BCUT2D eigenvalue weighted by molar-refractivity contribution is 7.89. The Morgan fingerprint density at radius 1 is 0.977 bits per heavy atom. The van der Waals surface area contributed by atoms with E-state index < -0.39 is 9.84 Å². The molecule has 0 bridgehead atoms. The maximum Gasteiger partial charge on any atom is 0.410 e. The molecule has 2 atom stereocenters. The van der Waals surface area contributed by atoms with Gasteiger partial charge in [0.15, 0.2) is 9.84 Å². The predicted octanol–water partition coefficient (Wildman–Crippen LogP) is 7.37. The normalized spacial score (nSPS) is 22.6. The topological polar surface area (TPSA) is 85.8 Å². The van der Waals surface area contributed by atoms with Gasteiger partial charge in [0.05, 0.1) is 17.2 Å². The molecule has 7 nitrogen and oxygen atoms in total. The number of carbonyl (C=O) groups excluding carboxylic acids is 1. The van der Waals surface area contributed by atoms with Gasteiger partial charge in [-0.25, -0.2) is 13.2 Å². The molecule has 1 saturated carbocycles. The highest BCUT2D eigenvalue weighted by Gasteiger charge is 2.42. The first-order chi connectivity index (χ1) is 21.0. The van der Waals surface area contributed by atoms with Crippen LogP contribution >= 0.6 is 0 Å². The number of hydrogen-bond donors (Lipinski definition) is 0. The lowest BCUT2D eigenvalue weighted by atomic mass is 9.71. The number of hydrogen-bond acceptors (Lipinski definition) is 6. The Morgan fingerprint density at radius 3 is 2.43 bits per heavy atom. The zero-order chi connectivity index (χ0) is 31.0. The van der Waals surface area contributed by atoms with Gasteiger partial charge in [0.2, 0.25) is 0 Å². The molecule has 44 heavy (non-hydrogen) atoms. The van der Waals surface area contributed by atoms with E-state index in [1.165, 1.54) is 12.0 Å². The number of piperidine rings is 1. The van der Waals surface area contributed by atoms with Crippen molar-refractivity contribution in [1.82, 2.24) is 9.88 Å². The quantitative estimate of drug-likeness (QED) is 0.287. The number of pyridine rings is 1. The summed E-state index contributed by atoms with van der Waals surface area (Å²) in [6.07, 6.45) is 7.97. The maximum absolute atomic E-state index is 13.0. The number of likely N-dealkylation sites (tertiary alicyclic amines) is 1. The standard InChI is InChI=1S/C36H44N2O5S/c1-26-20-32(23-35(2,3)22-26)42-34(39)38-18-15-36(16-19-38)14-13-30-21-29(11-12-33(30)43-36)28-9-7-27(8-10-28)24-44(40,41)25-31-6-4-5-17-37-31/h4-12,17,21,26,32H,13-16,18-20,22-25H2,1-3H3. The van der Waals surface area contributed by atoms with Crippen LogP contribution in [0.1, 0.15) is 76.1 Å². The maximum atomic E-state index is 13.0. The molecule has 1 spiro atoms. The van der Waals surface area contributed by atoms with Crippen molar-refractivity contribution in [3.63, 3.8) is 0 Å². The molecule has 2 fully saturated rings. The van der Waals surface area contributed by atoms with Crippen LogP contribution in [-0.4, -0.2) is 49.2 Å². The van der Waals surface area contributed by atoms with Crippen LogP contribution in [0.3, 0.4) is 0 Å². The van der Waals surface area contributed by atoms with Gasteiger partial charge in [-0.1, -0.05) is 57.2 Å². The van der Waals surface area contributed by atoms with Crippen LogP contribution in [0.4, 0.5) is 4.79 Å². The van der Waals surface area contributed by atoms with E-state index in [0.717, 1.165) is 61.0 Å². The molecule has 0 radical (unpaired) electrons. The highest BCUT2D eigenvalue weighted by atomic mass is 32.2. The minimum Gasteiger partial charge on any atom is -0.487 e. The summed E-state index contributed by atoms with van der Waals surface area (Å²) < 4.78 is 38.0. The lowest BCUT2D eigenvalue weighted by Crippen LogP contribution is -2.51. The molecule has 2 unspecified atom stereocenters. The number of rotatable bonds is 6. The number of amides is 1. The summed E-state index contributed by atoms with van der Waals surface area (Å²) >= 11 is 0. The first kappa shape index (κ1) is 30.6. The van der Waals surface area contributed by atoms with Crippen LogP contribution in [-0.2, 0) is 32.5 Å². The lowest BCUT2D eigenvalue weighted by Gasteiger charge is -2.45. The molecule has 0 N–H and O–H groups in total. The van der Waals surface area contributed by atoms with E-state index in [9.17, 15) is 13.2 Å². The second kappa shape index (κ2) is 12.2. The highest BCUT2D eigenvalue weighted by Crippen LogP contribution is 2.42. The molecule has 6 rings (SSSR count). The SMILES string of the molecule is CC1CC(OC(=O)N2CCC3(CCc4cc(-c5ccc(CS(=O)(=O)Cc6ccccn6)cc5)ccc4O3)CC2)CC(C)(C)C1. The van der Waals surface area contributed by atoms with Gasteiger partial charge >= 0.3 is 6.09 Å². The van der Waals surface area contributed by atoms with E-state index in [2.05, 4.69) is 44.0 Å². The summed E-state index contributed by atoms with van der Waals surface area (Å²) in [6.45, 7) is 8.11. The lowest BCUT2D eigenvalue weighted by molar-refractivity contribution is -0.0312. The third kappa shape index (κ3) is 7.28. The van der Waals surface area contributed by atoms with E-state index in [-0.39, 0.29) is 34.7 Å². The van der Waals surface area contributed by atoms with Crippen molar-refractivity contribution in [2.75, 3.05) is 13.1 Å². The average molecular weight is 617 g/mol. The number of fused-ring (bicyclic) bond motifs is 1. The van der Waals surface area contributed by atoms with Crippen molar-refractivity contribution in [2.24, 2.45) is 11.3 Å². The fourth-order valence-corrected chi connectivity index (χ4v) is 8.95. The number of aromatic nitrogens is 1. The summed E-state index contributed by atoms with van der Waals surface area (Å²) in [4.78, 5) is 19.0. The van der Waals surface area contributed by atoms with Crippen molar-refractivity contribution < 1.29 is 22.7 Å². The number of benzene rings is 2. The Hall–Kier alpha value is -3.39. The summed E-state index contributed by atoms with van der Waals surface area (Å²) in [5.74, 6) is 1.41. The second-order valence-corrected chi connectivity index (χ2v) is 16.1. The number of nitrogens with zero attached hydrogens (tertiary/aromatic N) is 2. The number of ether oxygens (including phenoxy) is 2. The Labute approximate surface area is 261 Å². The van der Waals surface area contributed by atoms with Crippen molar-refractivity contribution in [3.8, 4) is 16.9 Å². The van der Waals surface area contributed by atoms with E-state index in [4.69, 9.17) is 9.47 Å². The van der Waals surface area contributed by atoms with E-state index in [0.29, 0.717) is 24.7 Å². The van der Waals surface area contributed by atoms with Crippen molar-refractivity contribution in [3.05, 3.63) is 83.7 Å². The minimum atomic E-state index is -3.32. The van der Waals surface area contributed by atoms with E-state index in [1.54, 1.807) is 24.4 Å². The molecule has 1 aliphatic carbocycles.